The molecule has 0 spiro atoms. The van der Waals surface area contributed by atoms with Crippen molar-refractivity contribution >= 4 is 11.8 Å². The smallest absolute Gasteiger partial charge is 0.306 e. The normalized spacial score (nSPS) is 41.0. The second-order valence-electron chi connectivity index (χ2n) is 13.2. The number of rotatable bonds is 6. The summed E-state index contributed by atoms with van der Waals surface area (Å²) in [5.41, 5.74) is 2.30. The lowest BCUT2D eigenvalue weighted by Gasteiger charge is -2.61. The van der Waals surface area contributed by atoms with Gasteiger partial charge in [-0.3, -0.25) is 9.59 Å². The number of carbonyl (C=O) groups is 2. The van der Waals surface area contributed by atoms with Gasteiger partial charge in [-0.2, -0.15) is 0 Å². The molecule has 0 bridgehead atoms. The van der Waals surface area contributed by atoms with Crippen LogP contribution in [0.5, 0.6) is 0 Å². The molecule has 0 aromatic heterocycles. The van der Waals surface area contributed by atoms with E-state index in [1.807, 2.05) is 37.3 Å². The highest BCUT2D eigenvalue weighted by molar-refractivity contribution is 5.99. The number of hydrogen-bond donors (Lipinski definition) is 1. The Labute approximate surface area is 223 Å². The SMILES string of the molecule is CC=C1C(=O)C2C(CCC3(C)C(C(C)CCC(=O)OCc4ccccc4)CCC23)C2(C)CCC(O)CC12. The molecule has 1 aromatic rings. The molecule has 4 heteroatoms. The number of carbonyl (C=O) groups excluding carboxylic acids is 2. The first kappa shape index (κ1) is 26.7. The van der Waals surface area contributed by atoms with Crippen LogP contribution in [0.4, 0.5) is 0 Å². The standard InChI is InChI=1S/C33H46O4/c1-5-24-28-19-23(34)15-17-33(28,4)27-16-18-32(3)25(12-13-26(32)30(27)31(24)36)21(2)11-14-29(35)37-20-22-9-7-6-8-10-22/h5-10,21,23,25-28,30,34H,11-20H2,1-4H3. The lowest BCUT2D eigenvalue weighted by Crippen LogP contribution is -2.58. The highest BCUT2D eigenvalue weighted by Gasteiger charge is 2.64. The predicted molar refractivity (Wildman–Crippen MR) is 145 cm³/mol. The summed E-state index contributed by atoms with van der Waals surface area (Å²) >= 11 is 0. The molecule has 0 saturated heterocycles. The molecular formula is C33H46O4. The summed E-state index contributed by atoms with van der Waals surface area (Å²) in [4.78, 5) is 26.5. The van der Waals surface area contributed by atoms with E-state index in [4.69, 9.17) is 4.74 Å². The van der Waals surface area contributed by atoms with E-state index >= 15 is 0 Å². The molecule has 9 atom stereocenters. The van der Waals surface area contributed by atoms with Gasteiger partial charge in [-0.05, 0) is 110 Å². The molecule has 1 N–H and O–H groups in total. The Bertz CT molecular complexity index is 1030. The van der Waals surface area contributed by atoms with Crippen LogP contribution in [0.25, 0.3) is 0 Å². The predicted octanol–water partition coefficient (Wildman–Crippen LogP) is 6.90. The van der Waals surface area contributed by atoms with E-state index in [0.717, 1.165) is 56.1 Å². The monoisotopic (exact) mass is 506 g/mol. The van der Waals surface area contributed by atoms with Gasteiger partial charge >= 0.3 is 5.97 Å². The quantitative estimate of drug-likeness (QED) is 0.337. The minimum atomic E-state index is -0.276. The number of benzene rings is 1. The van der Waals surface area contributed by atoms with Crippen molar-refractivity contribution < 1.29 is 19.4 Å². The second kappa shape index (κ2) is 10.3. The van der Waals surface area contributed by atoms with Gasteiger partial charge in [-0.25, -0.2) is 0 Å². The fourth-order valence-electron chi connectivity index (χ4n) is 9.52. The molecule has 202 valence electrons. The third-order valence-corrected chi connectivity index (χ3v) is 11.5. The average molecular weight is 507 g/mol. The first-order valence-corrected chi connectivity index (χ1v) is 14.8. The summed E-state index contributed by atoms with van der Waals surface area (Å²) in [5, 5.41) is 10.5. The molecule has 37 heavy (non-hydrogen) atoms. The van der Waals surface area contributed by atoms with Crippen LogP contribution in [-0.4, -0.2) is 23.0 Å². The number of ketones is 1. The molecule has 4 aliphatic carbocycles. The van der Waals surface area contributed by atoms with Gasteiger partial charge in [0, 0.05) is 12.3 Å². The summed E-state index contributed by atoms with van der Waals surface area (Å²) in [6, 6.07) is 9.86. The Balaban J connectivity index is 1.27. The van der Waals surface area contributed by atoms with Crippen LogP contribution in [0.2, 0.25) is 0 Å². The van der Waals surface area contributed by atoms with E-state index in [1.165, 1.54) is 6.42 Å². The Kier molecular flexibility index (Phi) is 7.44. The molecule has 5 rings (SSSR count). The second-order valence-corrected chi connectivity index (χ2v) is 13.2. The van der Waals surface area contributed by atoms with Crippen LogP contribution in [0.3, 0.4) is 0 Å². The Morgan fingerprint density at radius 3 is 2.51 bits per heavy atom. The molecule has 4 aliphatic rings. The molecule has 0 radical (unpaired) electrons. The fourth-order valence-corrected chi connectivity index (χ4v) is 9.52. The van der Waals surface area contributed by atoms with E-state index in [2.05, 4.69) is 26.8 Å². The molecule has 4 nitrogen and oxygen atoms in total. The minimum absolute atomic E-state index is 0.113. The largest absolute Gasteiger partial charge is 0.461 e. The zero-order valence-corrected chi connectivity index (χ0v) is 23.2. The number of hydrogen-bond acceptors (Lipinski definition) is 4. The summed E-state index contributed by atoms with van der Waals surface area (Å²) in [7, 11) is 0. The number of allylic oxidation sites excluding steroid dienone is 2. The Morgan fingerprint density at radius 2 is 1.78 bits per heavy atom. The van der Waals surface area contributed by atoms with Crippen molar-refractivity contribution in [3.05, 3.63) is 47.5 Å². The van der Waals surface area contributed by atoms with Gasteiger partial charge in [0.15, 0.2) is 5.78 Å². The lowest BCUT2D eigenvalue weighted by atomic mass is 9.43. The number of esters is 1. The number of fused-ring (bicyclic) bond motifs is 5. The van der Waals surface area contributed by atoms with Gasteiger partial charge in [-0.1, -0.05) is 57.2 Å². The zero-order valence-electron chi connectivity index (χ0n) is 23.2. The van der Waals surface area contributed by atoms with Crippen molar-refractivity contribution in [3.8, 4) is 0 Å². The maximum absolute atomic E-state index is 14.0. The van der Waals surface area contributed by atoms with Gasteiger partial charge in [0.25, 0.3) is 0 Å². The van der Waals surface area contributed by atoms with E-state index < -0.39 is 0 Å². The van der Waals surface area contributed by atoms with Crippen LogP contribution >= 0.6 is 0 Å². The molecule has 1 aromatic carbocycles. The van der Waals surface area contributed by atoms with Gasteiger partial charge in [0.2, 0.25) is 0 Å². The van der Waals surface area contributed by atoms with Gasteiger partial charge in [0.05, 0.1) is 6.10 Å². The summed E-state index contributed by atoms with van der Waals surface area (Å²) < 4.78 is 5.54. The number of aliphatic hydroxyl groups is 1. The fraction of sp³-hybridized carbons (Fsp3) is 0.697. The van der Waals surface area contributed by atoms with E-state index in [9.17, 15) is 14.7 Å². The van der Waals surface area contributed by atoms with Crippen molar-refractivity contribution in [2.75, 3.05) is 0 Å². The van der Waals surface area contributed by atoms with Crippen LogP contribution in [0.1, 0.15) is 91.0 Å². The maximum atomic E-state index is 14.0. The van der Waals surface area contributed by atoms with Crippen molar-refractivity contribution in [3.63, 3.8) is 0 Å². The van der Waals surface area contributed by atoms with Crippen molar-refractivity contribution in [1.29, 1.82) is 0 Å². The summed E-state index contributed by atoms with van der Waals surface area (Å²) in [6.07, 6.45) is 10.3. The van der Waals surface area contributed by atoms with E-state index in [-0.39, 0.29) is 34.7 Å². The van der Waals surface area contributed by atoms with Crippen molar-refractivity contribution in [2.24, 2.45) is 46.3 Å². The Hall–Kier alpha value is -1.94. The molecule has 0 heterocycles. The zero-order chi connectivity index (χ0) is 26.4. The highest BCUT2D eigenvalue weighted by Crippen LogP contribution is 2.68. The molecular weight excluding hydrogens is 460 g/mol. The van der Waals surface area contributed by atoms with Gasteiger partial charge in [0.1, 0.15) is 6.61 Å². The number of ether oxygens (including phenoxy) is 1. The van der Waals surface area contributed by atoms with Crippen LogP contribution in [0.15, 0.2) is 42.0 Å². The van der Waals surface area contributed by atoms with Crippen LogP contribution in [-0.2, 0) is 20.9 Å². The Morgan fingerprint density at radius 1 is 1.08 bits per heavy atom. The maximum Gasteiger partial charge on any atom is 0.306 e. The molecule has 4 fully saturated rings. The molecule has 0 amide bonds. The first-order valence-electron chi connectivity index (χ1n) is 14.8. The average Bonchev–Trinajstić information content (AvgIpc) is 3.25. The number of Topliss-reactive ketones (excluding diaryl/α,β-unsaturated/α-hetero) is 1. The van der Waals surface area contributed by atoms with Gasteiger partial charge in [-0.15, -0.1) is 0 Å². The van der Waals surface area contributed by atoms with E-state index in [0.29, 0.717) is 42.5 Å². The van der Waals surface area contributed by atoms with Crippen molar-refractivity contribution in [1.82, 2.24) is 0 Å². The van der Waals surface area contributed by atoms with Gasteiger partial charge < -0.3 is 9.84 Å². The summed E-state index contributed by atoms with van der Waals surface area (Å²) in [5.74, 6) is 2.43. The first-order chi connectivity index (χ1) is 17.7. The third kappa shape index (κ3) is 4.62. The molecule has 4 saturated carbocycles. The van der Waals surface area contributed by atoms with Crippen LogP contribution < -0.4 is 0 Å². The lowest BCUT2D eigenvalue weighted by molar-refractivity contribution is -0.150. The topological polar surface area (TPSA) is 63.6 Å². The van der Waals surface area contributed by atoms with E-state index in [1.54, 1.807) is 0 Å². The van der Waals surface area contributed by atoms with Crippen LogP contribution in [0, 0.1) is 46.3 Å². The highest BCUT2D eigenvalue weighted by atomic mass is 16.5. The summed E-state index contributed by atoms with van der Waals surface area (Å²) in [6.45, 7) is 9.56. The minimum Gasteiger partial charge on any atom is -0.461 e. The third-order valence-electron chi connectivity index (χ3n) is 11.5. The van der Waals surface area contributed by atoms with Crippen molar-refractivity contribution in [2.45, 2.75) is 98.2 Å². The molecule has 0 aliphatic heterocycles. The number of aliphatic hydroxyl groups excluding tert-OH is 1. The molecule has 9 unspecified atom stereocenters.